The second-order valence-corrected chi connectivity index (χ2v) is 10.5. The van der Waals surface area contributed by atoms with Crippen LogP contribution in [0.1, 0.15) is 57.9 Å². The first-order valence-corrected chi connectivity index (χ1v) is 11.1. The van der Waals surface area contributed by atoms with Crippen LogP contribution in [0, 0.1) is 39.4 Å². The average molecular weight is 371 g/mol. The number of aromatic nitrogens is 1. The Labute approximate surface area is 168 Å². The summed E-state index contributed by atoms with van der Waals surface area (Å²) in [6.45, 7) is 5.03. The van der Waals surface area contributed by atoms with Crippen molar-refractivity contribution < 1.29 is 0 Å². The van der Waals surface area contributed by atoms with Crippen LogP contribution in [0.4, 0.5) is 0 Å². The monoisotopic (exact) mass is 370 g/mol. The molecule has 0 radical (unpaired) electrons. The van der Waals surface area contributed by atoms with E-state index in [1.807, 2.05) is 6.20 Å². The highest BCUT2D eigenvalue weighted by Gasteiger charge is 2.64. The van der Waals surface area contributed by atoms with Gasteiger partial charge in [-0.25, -0.2) is 0 Å². The number of nitrogens with one attached hydrogen (secondary N) is 1. The molecule has 28 heavy (non-hydrogen) atoms. The van der Waals surface area contributed by atoms with Crippen molar-refractivity contribution >= 4 is 11.3 Å². The Kier molecular flexibility index (Phi) is 3.23. The molecule has 3 saturated carbocycles. The number of fused-ring (bicyclic) bond motifs is 6. The van der Waals surface area contributed by atoms with E-state index in [1.165, 1.54) is 44.1 Å². The lowest BCUT2D eigenvalue weighted by atomic mass is 9.45. The Morgan fingerprint density at radius 2 is 2.00 bits per heavy atom. The van der Waals surface area contributed by atoms with Crippen LogP contribution >= 0.6 is 0 Å². The van der Waals surface area contributed by atoms with E-state index >= 15 is 0 Å². The largest absolute Gasteiger partial charge is 0.301 e. The van der Waals surface area contributed by atoms with Gasteiger partial charge in [0.05, 0.1) is 5.71 Å². The predicted molar refractivity (Wildman–Crippen MR) is 114 cm³/mol. The zero-order chi connectivity index (χ0) is 19.1. The van der Waals surface area contributed by atoms with Crippen molar-refractivity contribution in [2.75, 3.05) is 0 Å². The highest BCUT2D eigenvalue weighted by molar-refractivity contribution is 6.03. The lowest BCUT2D eigenvalue weighted by molar-refractivity contribution is -0.0175. The average Bonchev–Trinajstić information content (AvgIpc) is 3.37. The first kappa shape index (κ1) is 16.9. The topological polar surface area (TPSA) is 36.7 Å². The summed E-state index contributed by atoms with van der Waals surface area (Å²) < 4.78 is 0. The van der Waals surface area contributed by atoms with E-state index in [0.29, 0.717) is 16.5 Å². The standard InChI is InChI=1S/C26H30N2/c1-24-10-8-22-19(21(24)6-5-20(24)17-4-3-13-28-16-17)15-26(11-12-26)23-14-18(27)7-9-25(22,23)2/h3-5,7,9,13-14,16,19,21-22,27H,6,8,10-12,15H2,1-2H3/t19-,21-,22-,24+,25+/m0/s1. The molecule has 1 aromatic rings. The van der Waals surface area contributed by atoms with Crippen molar-refractivity contribution in [3.8, 4) is 0 Å². The molecular formula is C26H30N2. The zero-order valence-corrected chi connectivity index (χ0v) is 17.0. The molecular weight excluding hydrogens is 340 g/mol. The summed E-state index contributed by atoms with van der Waals surface area (Å²) in [5, 5.41) is 8.23. The van der Waals surface area contributed by atoms with Crippen LogP contribution in [0.15, 0.2) is 54.4 Å². The van der Waals surface area contributed by atoms with Crippen LogP contribution in [0.5, 0.6) is 0 Å². The smallest absolute Gasteiger partial charge is 0.0537 e. The van der Waals surface area contributed by atoms with Crippen molar-refractivity contribution in [3.05, 3.63) is 60.0 Å². The molecule has 5 aliphatic carbocycles. The van der Waals surface area contributed by atoms with Crippen molar-refractivity contribution in [1.82, 2.24) is 4.98 Å². The van der Waals surface area contributed by atoms with Gasteiger partial charge in [-0.15, -0.1) is 0 Å². The molecule has 1 heterocycles. The van der Waals surface area contributed by atoms with Gasteiger partial charge in [0.1, 0.15) is 0 Å². The summed E-state index contributed by atoms with van der Waals surface area (Å²) in [5.74, 6) is 2.28. The second-order valence-electron chi connectivity index (χ2n) is 10.5. The molecule has 0 amide bonds. The minimum Gasteiger partial charge on any atom is -0.301 e. The molecule has 3 fully saturated rings. The third kappa shape index (κ3) is 2.04. The Morgan fingerprint density at radius 1 is 1.14 bits per heavy atom. The highest BCUT2D eigenvalue weighted by Crippen LogP contribution is 2.74. The number of pyridine rings is 1. The van der Waals surface area contributed by atoms with Gasteiger partial charge in [-0.1, -0.05) is 37.6 Å². The van der Waals surface area contributed by atoms with E-state index in [9.17, 15) is 0 Å². The van der Waals surface area contributed by atoms with Crippen molar-refractivity contribution in [1.29, 1.82) is 5.41 Å². The molecule has 1 N–H and O–H groups in total. The van der Waals surface area contributed by atoms with Crippen LogP contribution < -0.4 is 0 Å². The van der Waals surface area contributed by atoms with Gasteiger partial charge in [0.2, 0.25) is 0 Å². The van der Waals surface area contributed by atoms with Crippen LogP contribution in [0.25, 0.3) is 5.57 Å². The maximum absolute atomic E-state index is 8.23. The Hall–Kier alpha value is -1.96. The van der Waals surface area contributed by atoms with Crippen molar-refractivity contribution in [2.24, 2.45) is 34.0 Å². The number of hydrogen-bond acceptors (Lipinski definition) is 2. The van der Waals surface area contributed by atoms with E-state index in [1.54, 1.807) is 11.1 Å². The molecule has 1 aromatic heterocycles. The zero-order valence-electron chi connectivity index (χ0n) is 17.0. The number of nitrogens with zero attached hydrogens (tertiary/aromatic N) is 1. The highest BCUT2D eigenvalue weighted by atomic mass is 14.7. The minimum absolute atomic E-state index is 0.169. The fraction of sp³-hybridized carbons (Fsp3) is 0.538. The molecule has 144 valence electrons. The van der Waals surface area contributed by atoms with Gasteiger partial charge >= 0.3 is 0 Å². The Balaban J connectivity index is 1.40. The maximum Gasteiger partial charge on any atom is 0.0537 e. The third-order valence-corrected chi connectivity index (χ3v) is 9.30. The summed E-state index contributed by atoms with van der Waals surface area (Å²) in [6, 6.07) is 4.33. The van der Waals surface area contributed by atoms with Gasteiger partial charge in [-0.05, 0) is 96.5 Å². The normalized spacial score (nSPS) is 42.4. The molecule has 2 heteroatoms. The van der Waals surface area contributed by atoms with Crippen LogP contribution in [0.3, 0.4) is 0 Å². The second kappa shape index (κ2) is 5.34. The fourth-order valence-corrected chi connectivity index (χ4v) is 7.80. The molecule has 2 nitrogen and oxygen atoms in total. The first-order valence-electron chi connectivity index (χ1n) is 11.1. The van der Waals surface area contributed by atoms with Crippen LogP contribution in [-0.2, 0) is 0 Å². The Bertz CT molecular complexity index is 948. The molecule has 0 bridgehead atoms. The molecule has 1 spiro atoms. The lowest BCUT2D eigenvalue weighted by Gasteiger charge is -2.59. The van der Waals surface area contributed by atoms with Gasteiger partial charge in [-0.3, -0.25) is 4.98 Å². The first-order chi connectivity index (χ1) is 13.5. The van der Waals surface area contributed by atoms with E-state index in [2.05, 4.69) is 61.5 Å². The SMILES string of the molecule is C[C@]12C=CC(=N)C=C1C1(CC1)C[C@@H]1[C@@H]2CC[C@]2(C)C(c3cccnc3)=CC[C@@H]12. The van der Waals surface area contributed by atoms with E-state index < -0.39 is 0 Å². The quantitative estimate of drug-likeness (QED) is 0.625. The van der Waals surface area contributed by atoms with Crippen molar-refractivity contribution in [3.63, 3.8) is 0 Å². The van der Waals surface area contributed by atoms with Gasteiger partial charge < -0.3 is 5.41 Å². The molecule has 0 unspecified atom stereocenters. The van der Waals surface area contributed by atoms with Crippen LogP contribution in [-0.4, -0.2) is 10.7 Å². The summed E-state index contributed by atoms with van der Waals surface area (Å²) in [5.41, 5.74) is 6.07. The number of hydrogen-bond donors (Lipinski definition) is 1. The van der Waals surface area contributed by atoms with Gasteiger partial charge in [0.15, 0.2) is 0 Å². The molecule has 0 aromatic carbocycles. The summed E-state index contributed by atoms with van der Waals surface area (Å²) in [6.07, 6.45) is 21.1. The summed E-state index contributed by atoms with van der Waals surface area (Å²) >= 11 is 0. The Morgan fingerprint density at radius 3 is 2.75 bits per heavy atom. The van der Waals surface area contributed by atoms with Gasteiger partial charge in [-0.2, -0.15) is 0 Å². The third-order valence-electron chi connectivity index (χ3n) is 9.30. The molecule has 5 aliphatic rings. The maximum atomic E-state index is 8.23. The molecule has 0 aliphatic heterocycles. The number of allylic oxidation sites excluding steroid dienone is 6. The van der Waals surface area contributed by atoms with E-state index in [-0.39, 0.29) is 5.41 Å². The molecule has 5 atom stereocenters. The molecule has 6 rings (SSSR count). The lowest BCUT2D eigenvalue weighted by Crippen LogP contribution is -2.51. The van der Waals surface area contributed by atoms with Crippen molar-refractivity contribution in [2.45, 2.75) is 52.4 Å². The van der Waals surface area contributed by atoms with E-state index in [4.69, 9.17) is 5.41 Å². The fourth-order valence-electron chi connectivity index (χ4n) is 7.80. The summed E-state index contributed by atoms with van der Waals surface area (Å²) in [7, 11) is 0. The molecule has 0 saturated heterocycles. The predicted octanol–water partition coefficient (Wildman–Crippen LogP) is 6.22. The van der Waals surface area contributed by atoms with E-state index in [0.717, 1.165) is 17.8 Å². The minimum atomic E-state index is 0.169. The summed E-state index contributed by atoms with van der Waals surface area (Å²) in [4.78, 5) is 4.41. The van der Waals surface area contributed by atoms with Gasteiger partial charge in [0, 0.05) is 17.8 Å². The van der Waals surface area contributed by atoms with Gasteiger partial charge in [0.25, 0.3) is 0 Å². The number of rotatable bonds is 1. The van der Waals surface area contributed by atoms with Crippen LogP contribution in [0.2, 0.25) is 0 Å².